The van der Waals surface area contributed by atoms with Crippen LogP contribution in [0.15, 0.2) is 72.8 Å². The molecule has 0 bridgehead atoms. The van der Waals surface area contributed by atoms with Gasteiger partial charge in [-0.25, -0.2) is 4.98 Å². The first-order valence-electron chi connectivity index (χ1n) is 11.1. The number of imidazole rings is 1. The maximum absolute atomic E-state index is 6.05. The molecule has 4 nitrogen and oxygen atoms in total. The van der Waals surface area contributed by atoms with Crippen molar-refractivity contribution >= 4 is 11.0 Å². The second-order valence-corrected chi connectivity index (χ2v) is 7.83. The molecule has 0 amide bonds. The lowest BCUT2D eigenvalue weighted by atomic mass is 10.2. The highest BCUT2D eigenvalue weighted by atomic mass is 16.5. The van der Waals surface area contributed by atoms with E-state index in [9.17, 15) is 0 Å². The summed E-state index contributed by atoms with van der Waals surface area (Å²) in [7, 11) is 0. The van der Waals surface area contributed by atoms with Gasteiger partial charge in [0, 0.05) is 6.54 Å². The van der Waals surface area contributed by atoms with Crippen LogP contribution in [0.5, 0.6) is 11.5 Å². The Morgan fingerprint density at radius 1 is 0.839 bits per heavy atom. The third-order valence-electron chi connectivity index (χ3n) is 5.47. The highest BCUT2D eigenvalue weighted by Crippen LogP contribution is 2.20. The Hall–Kier alpha value is -3.27. The molecule has 160 valence electrons. The lowest BCUT2D eigenvalue weighted by Gasteiger charge is -2.11. The zero-order chi connectivity index (χ0) is 21.5. The lowest BCUT2D eigenvalue weighted by molar-refractivity contribution is 0.285. The number of fused-ring (bicyclic) bond motifs is 1. The largest absolute Gasteiger partial charge is 0.494 e. The van der Waals surface area contributed by atoms with Gasteiger partial charge in [-0.1, -0.05) is 43.3 Å². The van der Waals surface area contributed by atoms with Gasteiger partial charge in [0.2, 0.25) is 0 Å². The van der Waals surface area contributed by atoms with Gasteiger partial charge < -0.3 is 14.0 Å². The molecule has 0 aliphatic heterocycles. The Morgan fingerprint density at radius 2 is 1.68 bits per heavy atom. The Bertz CT molecular complexity index is 1120. The second kappa shape index (κ2) is 10.2. The second-order valence-electron chi connectivity index (χ2n) is 7.83. The molecule has 0 spiro atoms. The fourth-order valence-corrected chi connectivity index (χ4v) is 3.72. The number of nitrogens with zero attached hydrogens (tertiary/aromatic N) is 2. The number of benzene rings is 3. The Labute approximate surface area is 184 Å². The summed E-state index contributed by atoms with van der Waals surface area (Å²) in [5, 5.41) is 0. The van der Waals surface area contributed by atoms with Gasteiger partial charge >= 0.3 is 0 Å². The molecule has 4 heteroatoms. The van der Waals surface area contributed by atoms with Crippen molar-refractivity contribution in [1.29, 1.82) is 0 Å². The molecule has 0 saturated heterocycles. The number of hydrogen-bond acceptors (Lipinski definition) is 3. The summed E-state index contributed by atoms with van der Waals surface area (Å²) in [6.07, 6.45) is 3.03. The smallest absolute Gasteiger partial charge is 0.147 e. The minimum absolute atomic E-state index is 0.458. The van der Waals surface area contributed by atoms with E-state index in [0.29, 0.717) is 13.2 Å². The number of rotatable bonds is 10. The molecule has 3 aromatic carbocycles. The molecule has 0 radical (unpaired) electrons. The predicted octanol–water partition coefficient (Wildman–Crippen LogP) is 6.35. The maximum atomic E-state index is 6.05. The van der Waals surface area contributed by atoms with Crippen LogP contribution in [0.2, 0.25) is 0 Å². The van der Waals surface area contributed by atoms with Crippen LogP contribution in [0.3, 0.4) is 0 Å². The highest BCUT2D eigenvalue weighted by molar-refractivity contribution is 5.75. The van der Waals surface area contributed by atoms with Gasteiger partial charge in [-0.2, -0.15) is 0 Å². The SMILES string of the molecule is CCc1ccc(OCc2nc3ccccc3n2CCCCOc2cccc(C)c2)cc1. The van der Waals surface area contributed by atoms with Gasteiger partial charge in [0.05, 0.1) is 17.6 Å². The van der Waals surface area contributed by atoms with E-state index in [4.69, 9.17) is 14.5 Å². The molecule has 0 unspecified atom stereocenters. The molecule has 31 heavy (non-hydrogen) atoms. The number of hydrogen-bond donors (Lipinski definition) is 0. The number of ether oxygens (including phenoxy) is 2. The average molecular weight is 415 g/mol. The molecule has 0 fully saturated rings. The van der Waals surface area contributed by atoms with E-state index in [0.717, 1.165) is 54.2 Å². The van der Waals surface area contributed by atoms with Crippen molar-refractivity contribution in [2.75, 3.05) is 6.61 Å². The fourth-order valence-electron chi connectivity index (χ4n) is 3.72. The topological polar surface area (TPSA) is 36.3 Å². The third-order valence-corrected chi connectivity index (χ3v) is 5.47. The van der Waals surface area contributed by atoms with E-state index in [-0.39, 0.29) is 0 Å². The number of aromatic nitrogens is 2. The van der Waals surface area contributed by atoms with Crippen LogP contribution in [0.4, 0.5) is 0 Å². The Kier molecular flexibility index (Phi) is 6.88. The zero-order valence-corrected chi connectivity index (χ0v) is 18.4. The van der Waals surface area contributed by atoms with E-state index < -0.39 is 0 Å². The number of unbranched alkanes of at least 4 members (excludes halogenated alkanes) is 1. The molecule has 1 heterocycles. The minimum Gasteiger partial charge on any atom is -0.494 e. The van der Waals surface area contributed by atoms with Gasteiger partial charge in [-0.3, -0.25) is 0 Å². The van der Waals surface area contributed by atoms with Crippen LogP contribution in [-0.4, -0.2) is 16.2 Å². The number of aryl methyl sites for hydroxylation is 3. The molecule has 1 aromatic heterocycles. The van der Waals surface area contributed by atoms with Crippen LogP contribution in [0.25, 0.3) is 11.0 Å². The van der Waals surface area contributed by atoms with Crippen LogP contribution in [0, 0.1) is 6.92 Å². The molecule has 4 rings (SSSR count). The standard InChI is InChI=1S/C27H30N2O2/c1-3-22-13-15-23(16-14-22)31-20-27-28-25-11-4-5-12-26(25)29(27)17-6-7-18-30-24-10-8-9-21(2)19-24/h4-5,8-16,19H,3,6-7,17-18,20H2,1-2H3. The predicted molar refractivity (Wildman–Crippen MR) is 126 cm³/mol. The molecule has 0 saturated carbocycles. The first kappa shape index (κ1) is 21.0. The van der Waals surface area contributed by atoms with E-state index in [1.54, 1.807) is 0 Å². The first-order valence-corrected chi connectivity index (χ1v) is 11.1. The summed E-state index contributed by atoms with van der Waals surface area (Å²) in [6, 6.07) is 24.8. The lowest BCUT2D eigenvalue weighted by Crippen LogP contribution is -2.09. The summed E-state index contributed by atoms with van der Waals surface area (Å²) < 4.78 is 14.2. The molecular formula is C27H30N2O2. The highest BCUT2D eigenvalue weighted by Gasteiger charge is 2.11. The summed E-state index contributed by atoms with van der Waals surface area (Å²) in [5.74, 6) is 2.78. The summed E-state index contributed by atoms with van der Waals surface area (Å²) in [6.45, 7) is 6.31. The first-order chi connectivity index (χ1) is 15.2. The van der Waals surface area contributed by atoms with Crippen molar-refractivity contribution in [3.63, 3.8) is 0 Å². The molecule has 0 N–H and O–H groups in total. The van der Waals surface area contributed by atoms with Crippen molar-refractivity contribution in [2.24, 2.45) is 0 Å². The quantitative estimate of drug-likeness (QED) is 0.284. The van der Waals surface area contributed by atoms with Crippen molar-refractivity contribution < 1.29 is 9.47 Å². The molecule has 0 aliphatic rings. The van der Waals surface area contributed by atoms with Crippen molar-refractivity contribution in [1.82, 2.24) is 9.55 Å². The van der Waals surface area contributed by atoms with Crippen LogP contribution < -0.4 is 9.47 Å². The van der Waals surface area contributed by atoms with E-state index >= 15 is 0 Å². The monoisotopic (exact) mass is 414 g/mol. The van der Waals surface area contributed by atoms with Crippen molar-refractivity contribution in [3.05, 3.63) is 89.7 Å². The summed E-state index contributed by atoms with van der Waals surface area (Å²) in [5.41, 5.74) is 4.70. The van der Waals surface area contributed by atoms with E-state index in [2.05, 4.69) is 60.9 Å². The van der Waals surface area contributed by atoms with Gasteiger partial charge in [0.1, 0.15) is 23.9 Å². The van der Waals surface area contributed by atoms with Crippen LogP contribution in [0.1, 0.15) is 36.7 Å². The fraction of sp³-hybridized carbons (Fsp3) is 0.296. The van der Waals surface area contributed by atoms with Crippen LogP contribution >= 0.6 is 0 Å². The summed E-state index contributed by atoms with van der Waals surface area (Å²) >= 11 is 0. The molecule has 0 atom stereocenters. The normalized spacial score (nSPS) is 11.0. The summed E-state index contributed by atoms with van der Waals surface area (Å²) in [4.78, 5) is 4.82. The average Bonchev–Trinajstić information content (AvgIpc) is 3.15. The van der Waals surface area contributed by atoms with Gasteiger partial charge in [0.25, 0.3) is 0 Å². The zero-order valence-electron chi connectivity index (χ0n) is 18.4. The van der Waals surface area contributed by atoms with Gasteiger partial charge in [-0.15, -0.1) is 0 Å². The van der Waals surface area contributed by atoms with E-state index in [1.807, 2.05) is 30.3 Å². The molecule has 4 aromatic rings. The number of para-hydroxylation sites is 2. The van der Waals surface area contributed by atoms with Crippen molar-refractivity contribution in [2.45, 2.75) is 46.3 Å². The van der Waals surface area contributed by atoms with E-state index in [1.165, 1.54) is 11.1 Å². The minimum atomic E-state index is 0.458. The van der Waals surface area contributed by atoms with Crippen LogP contribution in [-0.2, 0) is 19.6 Å². The van der Waals surface area contributed by atoms with Crippen molar-refractivity contribution in [3.8, 4) is 11.5 Å². The third kappa shape index (κ3) is 5.46. The van der Waals surface area contributed by atoms with Gasteiger partial charge in [-0.05, 0) is 73.7 Å². The Balaban J connectivity index is 1.37. The van der Waals surface area contributed by atoms with Gasteiger partial charge in [0.15, 0.2) is 0 Å². The molecular weight excluding hydrogens is 384 g/mol. The Morgan fingerprint density at radius 3 is 2.48 bits per heavy atom. The molecule has 0 aliphatic carbocycles. The maximum Gasteiger partial charge on any atom is 0.147 e.